The van der Waals surface area contributed by atoms with E-state index < -0.39 is 17.8 Å². The SMILES string of the molecule is CN(C)c1n[13c](Cc2ccc(NC(=O)c3ccc(C(C)(F)F)cc3)cc2)nc(N(C)C)c1CC(=O)O. The van der Waals surface area contributed by atoms with E-state index in [2.05, 4.69) is 15.3 Å². The summed E-state index contributed by atoms with van der Waals surface area (Å²) in [7, 11) is 7.21. The number of nitrogens with zero attached hydrogens (tertiary/aromatic N) is 4. The highest BCUT2D eigenvalue weighted by molar-refractivity contribution is 6.04. The number of halogens is 2. The summed E-state index contributed by atoms with van der Waals surface area (Å²) in [6.45, 7) is 0.807. The molecule has 2 N–H and O–H groups in total. The van der Waals surface area contributed by atoms with Crippen molar-refractivity contribution in [3.05, 3.63) is 76.6 Å². The van der Waals surface area contributed by atoms with Crippen molar-refractivity contribution in [1.29, 1.82) is 0 Å². The molecule has 1 aromatic heterocycles. The summed E-state index contributed by atoms with van der Waals surface area (Å²) in [6.07, 6.45) is 0.204. The summed E-state index contributed by atoms with van der Waals surface area (Å²) in [5.41, 5.74) is 2.10. The van der Waals surface area contributed by atoms with Crippen LogP contribution >= 0.6 is 0 Å². The van der Waals surface area contributed by atoms with Gasteiger partial charge in [-0.15, -0.1) is 0 Å². The minimum Gasteiger partial charge on any atom is -0.481 e. The minimum absolute atomic E-state index is 0.156. The Hall–Kier alpha value is -4.08. The number of aliphatic carboxylic acids is 1. The Bertz CT molecular complexity index is 1210. The molecular weight excluding hydrogens is 469 g/mol. The molecule has 1 amide bonds. The lowest BCUT2D eigenvalue weighted by atomic mass is 10.1. The Balaban J connectivity index is 1.77. The standard InChI is InChI=1S/C26H29F2N5O3/c1-26(27,28)18-10-8-17(9-11-18)25(36)29-19-12-6-16(7-13-19)14-21-30-23(32(2)3)20(15-22(34)35)24(31-21)33(4)5/h6-13H,14-15H2,1-5H3,(H,29,36)(H,34,35)/i21+1. The van der Waals surface area contributed by atoms with Crippen molar-refractivity contribution < 1.29 is 23.5 Å². The predicted octanol–water partition coefficient (Wildman–Crippen LogP) is 4.19. The maximum atomic E-state index is 13.4. The first-order valence-corrected chi connectivity index (χ1v) is 11.2. The van der Waals surface area contributed by atoms with Gasteiger partial charge in [-0.1, -0.05) is 24.3 Å². The molecule has 0 spiro atoms. The fourth-order valence-corrected chi connectivity index (χ4v) is 3.64. The van der Waals surface area contributed by atoms with Crippen molar-refractivity contribution in [3.63, 3.8) is 0 Å². The zero-order chi connectivity index (χ0) is 26.6. The number of carboxylic acid groups (broad SMARTS) is 1. The first-order chi connectivity index (χ1) is 16.8. The van der Waals surface area contributed by atoms with E-state index in [-0.39, 0.29) is 17.5 Å². The number of aromatic nitrogens is 2. The van der Waals surface area contributed by atoms with Crippen LogP contribution in [0.25, 0.3) is 0 Å². The zero-order valence-corrected chi connectivity index (χ0v) is 20.8. The van der Waals surface area contributed by atoms with Gasteiger partial charge in [-0.2, -0.15) is 0 Å². The lowest BCUT2D eigenvalue weighted by Gasteiger charge is -2.22. The highest BCUT2D eigenvalue weighted by Crippen LogP contribution is 2.28. The fourth-order valence-electron chi connectivity index (χ4n) is 3.64. The third kappa shape index (κ3) is 6.53. The van der Waals surface area contributed by atoms with Crippen LogP contribution in [-0.2, 0) is 23.6 Å². The molecule has 0 aliphatic rings. The van der Waals surface area contributed by atoms with Gasteiger partial charge in [0.05, 0.1) is 6.42 Å². The van der Waals surface area contributed by atoms with Gasteiger partial charge in [0, 0.05) is 63.9 Å². The average Bonchev–Trinajstić information content (AvgIpc) is 2.80. The molecule has 0 bridgehead atoms. The fraction of sp³-hybridized carbons (Fsp3) is 0.308. The molecule has 3 aromatic rings. The minimum atomic E-state index is -2.97. The molecule has 10 heteroatoms. The van der Waals surface area contributed by atoms with Crippen molar-refractivity contribution in [2.75, 3.05) is 43.3 Å². The van der Waals surface area contributed by atoms with E-state index in [1.807, 2.05) is 12.1 Å². The van der Waals surface area contributed by atoms with Crippen molar-refractivity contribution >= 4 is 29.2 Å². The van der Waals surface area contributed by atoms with Gasteiger partial charge in [0.2, 0.25) is 0 Å². The largest absolute Gasteiger partial charge is 0.481 e. The quantitative estimate of drug-likeness (QED) is 0.456. The van der Waals surface area contributed by atoms with Gasteiger partial charge in [-0.25, -0.2) is 18.7 Å². The molecule has 8 nitrogen and oxygen atoms in total. The maximum Gasteiger partial charge on any atom is 0.308 e. The van der Waals surface area contributed by atoms with Crippen LogP contribution in [0, 0.1) is 0 Å². The molecule has 0 fully saturated rings. The van der Waals surface area contributed by atoms with E-state index in [1.165, 1.54) is 24.3 Å². The second-order valence-electron chi connectivity index (χ2n) is 8.92. The van der Waals surface area contributed by atoms with Crippen LogP contribution in [0.2, 0.25) is 0 Å². The number of alkyl halides is 2. The van der Waals surface area contributed by atoms with Gasteiger partial charge in [0.15, 0.2) is 0 Å². The molecule has 0 unspecified atom stereocenters. The van der Waals surface area contributed by atoms with Crippen LogP contribution in [0.15, 0.2) is 48.5 Å². The second-order valence-corrected chi connectivity index (χ2v) is 8.92. The van der Waals surface area contributed by atoms with E-state index >= 15 is 0 Å². The van der Waals surface area contributed by atoms with Crippen LogP contribution in [0.1, 0.15) is 39.8 Å². The van der Waals surface area contributed by atoms with Crippen LogP contribution in [0.3, 0.4) is 0 Å². The number of anilines is 3. The lowest BCUT2D eigenvalue weighted by Crippen LogP contribution is -2.22. The van der Waals surface area contributed by atoms with Crippen LogP contribution < -0.4 is 15.1 Å². The highest BCUT2D eigenvalue weighted by Gasteiger charge is 2.24. The highest BCUT2D eigenvalue weighted by atomic mass is 19.3. The van der Waals surface area contributed by atoms with Gasteiger partial charge in [-0.05, 0) is 29.8 Å². The number of rotatable bonds is 9. The smallest absolute Gasteiger partial charge is 0.308 e. The van der Waals surface area contributed by atoms with E-state index in [4.69, 9.17) is 0 Å². The van der Waals surface area contributed by atoms with Gasteiger partial charge < -0.3 is 20.2 Å². The third-order valence-electron chi connectivity index (χ3n) is 5.41. The number of nitrogens with one attached hydrogen (secondary N) is 1. The van der Waals surface area contributed by atoms with E-state index in [9.17, 15) is 23.5 Å². The molecule has 3 rings (SSSR count). The first kappa shape index (κ1) is 26.5. The normalized spacial score (nSPS) is 11.2. The summed E-state index contributed by atoms with van der Waals surface area (Å²) in [5.74, 6) is -2.72. The number of carboxylic acids is 1. The summed E-state index contributed by atoms with van der Waals surface area (Å²) >= 11 is 0. The molecule has 0 atom stereocenters. The van der Waals surface area contributed by atoms with Crippen molar-refractivity contribution in [1.82, 2.24) is 9.97 Å². The predicted molar refractivity (Wildman–Crippen MR) is 135 cm³/mol. The van der Waals surface area contributed by atoms with Gasteiger partial charge in [0.25, 0.3) is 11.8 Å². The molecule has 1 heterocycles. The van der Waals surface area contributed by atoms with E-state index in [1.54, 1.807) is 50.1 Å². The van der Waals surface area contributed by atoms with Crippen molar-refractivity contribution in [2.24, 2.45) is 0 Å². The van der Waals surface area contributed by atoms with Gasteiger partial charge >= 0.3 is 5.97 Å². The summed E-state index contributed by atoms with van der Waals surface area (Å²) < 4.78 is 26.8. The second kappa shape index (κ2) is 10.7. The molecule has 0 aliphatic carbocycles. The topological polar surface area (TPSA) is 98.7 Å². The zero-order valence-electron chi connectivity index (χ0n) is 20.8. The van der Waals surface area contributed by atoms with E-state index in [0.29, 0.717) is 35.1 Å². The molecule has 0 aliphatic heterocycles. The lowest BCUT2D eigenvalue weighted by molar-refractivity contribution is -0.136. The molecular formula is C26H29F2N5O3. The van der Waals surface area contributed by atoms with Crippen LogP contribution in [0.4, 0.5) is 26.1 Å². The van der Waals surface area contributed by atoms with E-state index in [0.717, 1.165) is 12.5 Å². The average molecular weight is 499 g/mol. The number of hydrogen-bond acceptors (Lipinski definition) is 6. The Morgan fingerprint density at radius 3 is 1.89 bits per heavy atom. The number of carbonyl (C=O) groups excluding carboxylic acids is 1. The molecule has 0 saturated heterocycles. The Morgan fingerprint density at radius 1 is 0.917 bits per heavy atom. The number of carbonyl (C=O) groups is 2. The molecule has 0 saturated carbocycles. The monoisotopic (exact) mass is 498 g/mol. The number of amides is 1. The van der Waals surface area contributed by atoms with Gasteiger partial charge in [0.1, 0.15) is 17.5 Å². The number of hydrogen-bond donors (Lipinski definition) is 2. The van der Waals surface area contributed by atoms with Gasteiger partial charge in [-0.3, -0.25) is 9.59 Å². The molecule has 190 valence electrons. The maximum absolute atomic E-state index is 13.4. The molecule has 36 heavy (non-hydrogen) atoms. The Labute approximate surface area is 208 Å². The van der Waals surface area contributed by atoms with Crippen LogP contribution in [-0.4, -0.2) is 55.1 Å². The summed E-state index contributed by atoms with van der Waals surface area (Å²) in [5, 5.41) is 12.1. The summed E-state index contributed by atoms with van der Waals surface area (Å²) in [6, 6.07) is 12.3. The van der Waals surface area contributed by atoms with Crippen LogP contribution in [0.5, 0.6) is 0 Å². The molecule has 2 aromatic carbocycles. The van der Waals surface area contributed by atoms with Crippen molar-refractivity contribution in [2.45, 2.75) is 25.7 Å². The first-order valence-electron chi connectivity index (χ1n) is 11.2. The third-order valence-corrected chi connectivity index (χ3v) is 5.41. The summed E-state index contributed by atoms with van der Waals surface area (Å²) in [4.78, 5) is 36.6. The Morgan fingerprint density at radius 2 is 1.44 bits per heavy atom. The Kier molecular flexibility index (Phi) is 7.87. The van der Waals surface area contributed by atoms with Crippen molar-refractivity contribution in [3.8, 4) is 0 Å². The number of benzene rings is 2. The molecule has 0 radical (unpaired) electrons.